The molecule has 1 amide bonds. The minimum atomic E-state index is -0.572. The molecule has 1 saturated carbocycles. The maximum absolute atomic E-state index is 11.9. The van der Waals surface area contributed by atoms with Crippen LogP contribution >= 0.6 is 12.2 Å². The van der Waals surface area contributed by atoms with Gasteiger partial charge in [-0.25, -0.2) is 0 Å². The first-order valence-corrected chi connectivity index (χ1v) is 8.75. The molecule has 0 aromatic rings. The Morgan fingerprint density at radius 2 is 2.00 bits per heavy atom. The van der Waals surface area contributed by atoms with Gasteiger partial charge in [0, 0.05) is 12.6 Å². The average molecular weight is 324 g/mol. The first-order valence-electron chi connectivity index (χ1n) is 8.34. The summed E-state index contributed by atoms with van der Waals surface area (Å²) < 4.78 is 0. The lowest BCUT2D eigenvalue weighted by Gasteiger charge is -2.24. The van der Waals surface area contributed by atoms with E-state index in [4.69, 9.17) is 17.5 Å². The first kappa shape index (κ1) is 18.9. The fourth-order valence-electron chi connectivity index (χ4n) is 2.74. The van der Waals surface area contributed by atoms with E-state index in [1.54, 1.807) is 13.8 Å². The van der Waals surface area contributed by atoms with E-state index in [0.717, 1.165) is 12.3 Å². The quantitative estimate of drug-likeness (QED) is 0.736. The summed E-state index contributed by atoms with van der Waals surface area (Å²) in [4.78, 5) is 12.1. The molecule has 0 aliphatic heterocycles. The van der Waals surface area contributed by atoms with Crippen molar-refractivity contribution in [2.24, 2.45) is 11.3 Å². The molecular formula is C17H29N3OS. The van der Waals surface area contributed by atoms with Crippen LogP contribution in [0.3, 0.4) is 0 Å². The number of carbonyl (C=O) groups excluding carboxylic acids is 1. The van der Waals surface area contributed by atoms with Crippen LogP contribution in [0.1, 0.15) is 65.7 Å². The van der Waals surface area contributed by atoms with Crippen molar-refractivity contribution in [3.05, 3.63) is 0 Å². The molecule has 1 fully saturated rings. The van der Waals surface area contributed by atoms with E-state index in [9.17, 15) is 4.79 Å². The van der Waals surface area contributed by atoms with Crippen LogP contribution in [0.15, 0.2) is 0 Å². The molecular weight excluding hydrogens is 294 g/mol. The molecule has 5 heteroatoms. The molecule has 2 N–H and O–H groups in total. The third-order valence-corrected chi connectivity index (χ3v) is 4.61. The molecule has 0 bridgehead atoms. The van der Waals surface area contributed by atoms with Gasteiger partial charge in [0.15, 0.2) is 4.99 Å². The van der Waals surface area contributed by atoms with Crippen molar-refractivity contribution in [1.82, 2.24) is 10.6 Å². The van der Waals surface area contributed by atoms with E-state index in [-0.39, 0.29) is 16.9 Å². The van der Waals surface area contributed by atoms with E-state index in [2.05, 4.69) is 23.6 Å². The predicted molar refractivity (Wildman–Crippen MR) is 93.4 cm³/mol. The highest BCUT2D eigenvalue weighted by Crippen LogP contribution is 2.27. The van der Waals surface area contributed by atoms with Gasteiger partial charge in [0.1, 0.15) is 0 Å². The summed E-state index contributed by atoms with van der Waals surface area (Å²) in [5.74, 6) is 0.555. The Morgan fingerprint density at radius 1 is 1.36 bits per heavy atom. The van der Waals surface area contributed by atoms with Crippen molar-refractivity contribution in [2.75, 3.05) is 6.54 Å². The zero-order valence-corrected chi connectivity index (χ0v) is 14.9. The number of carbonyl (C=O) groups is 1. The largest absolute Gasteiger partial charge is 0.369 e. The molecule has 22 heavy (non-hydrogen) atoms. The highest BCUT2D eigenvalue weighted by Gasteiger charge is 2.20. The molecule has 0 spiro atoms. The monoisotopic (exact) mass is 323 g/mol. The summed E-state index contributed by atoms with van der Waals surface area (Å²) in [5, 5.41) is 14.8. The third kappa shape index (κ3) is 7.22. The molecule has 1 unspecified atom stereocenters. The molecule has 0 radical (unpaired) electrons. The second-order valence-corrected chi connectivity index (χ2v) is 7.54. The van der Waals surface area contributed by atoms with Gasteiger partial charge in [0.05, 0.1) is 11.5 Å². The van der Waals surface area contributed by atoms with Crippen LogP contribution in [0, 0.1) is 22.7 Å². The van der Waals surface area contributed by atoms with E-state index in [1.807, 2.05) is 0 Å². The Morgan fingerprint density at radius 3 is 2.59 bits per heavy atom. The zero-order valence-electron chi connectivity index (χ0n) is 14.1. The number of nitriles is 1. The van der Waals surface area contributed by atoms with Gasteiger partial charge in [-0.1, -0.05) is 44.3 Å². The minimum Gasteiger partial charge on any atom is -0.369 e. The van der Waals surface area contributed by atoms with Crippen molar-refractivity contribution in [3.8, 4) is 6.07 Å². The molecule has 0 saturated heterocycles. The van der Waals surface area contributed by atoms with Gasteiger partial charge >= 0.3 is 0 Å². The summed E-state index contributed by atoms with van der Waals surface area (Å²) >= 11 is 5.14. The topological polar surface area (TPSA) is 64.9 Å². The molecule has 4 nitrogen and oxygen atoms in total. The van der Waals surface area contributed by atoms with Crippen molar-refractivity contribution < 1.29 is 4.79 Å². The van der Waals surface area contributed by atoms with Gasteiger partial charge in [0.25, 0.3) is 5.91 Å². The lowest BCUT2D eigenvalue weighted by molar-refractivity contribution is -0.115. The maximum Gasteiger partial charge on any atom is 0.278 e. The summed E-state index contributed by atoms with van der Waals surface area (Å²) in [6.07, 6.45) is 9.06. The Labute approximate surface area is 140 Å². The molecule has 0 aromatic heterocycles. The Balaban J connectivity index is 2.25. The van der Waals surface area contributed by atoms with Crippen LogP contribution in [0.2, 0.25) is 0 Å². The molecule has 0 heterocycles. The summed E-state index contributed by atoms with van der Waals surface area (Å²) in [6.45, 7) is 5.95. The van der Waals surface area contributed by atoms with Crippen LogP contribution in [0.4, 0.5) is 0 Å². The lowest BCUT2D eigenvalue weighted by atomic mass is 9.85. The molecule has 0 aromatic carbocycles. The van der Waals surface area contributed by atoms with E-state index in [1.165, 1.54) is 38.5 Å². The minimum absolute atomic E-state index is 0.212. The van der Waals surface area contributed by atoms with Crippen molar-refractivity contribution in [1.29, 1.82) is 5.26 Å². The van der Waals surface area contributed by atoms with Gasteiger partial charge in [0.2, 0.25) is 0 Å². The lowest BCUT2D eigenvalue weighted by Crippen LogP contribution is -2.44. The van der Waals surface area contributed by atoms with Crippen molar-refractivity contribution in [2.45, 2.75) is 71.8 Å². The van der Waals surface area contributed by atoms with Crippen LogP contribution in [-0.4, -0.2) is 23.5 Å². The maximum atomic E-state index is 11.9. The van der Waals surface area contributed by atoms with Gasteiger partial charge in [-0.05, 0) is 39.5 Å². The number of nitrogens with zero attached hydrogens (tertiary/aromatic N) is 1. The van der Waals surface area contributed by atoms with Crippen LogP contribution in [-0.2, 0) is 4.79 Å². The Bertz CT molecular complexity index is 422. The van der Waals surface area contributed by atoms with E-state index in [0.29, 0.717) is 6.54 Å². The number of rotatable bonds is 6. The first-order chi connectivity index (χ1) is 10.3. The van der Waals surface area contributed by atoms with Crippen molar-refractivity contribution in [3.63, 3.8) is 0 Å². The van der Waals surface area contributed by atoms with Crippen LogP contribution in [0.5, 0.6) is 0 Å². The summed E-state index contributed by atoms with van der Waals surface area (Å²) in [7, 11) is 0. The van der Waals surface area contributed by atoms with Gasteiger partial charge in [-0.2, -0.15) is 5.26 Å². The molecule has 124 valence electrons. The SMILES string of the molecule is CC(CCC1CCCCC1)NC(=S)C(=O)NCC(C)(C)C#N. The number of amides is 1. The smallest absolute Gasteiger partial charge is 0.278 e. The second-order valence-electron chi connectivity index (χ2n) is 7.13. The van der Waals surface area contributed by atoms with Crippen LogP contribution < -0.4 is 10.6 Å². The summed E-state index contributed by atoms with van der Waals surface area (Å²) in [6, 6.07) is 2.37. The van der Waals surface area contributed by atoms with E-state index >= 15 is 0 Å². The standard InChI is InChI=1S/C17H29N3OS/c1-13(9-10-14-7-5-4-6-8-14)20-16(22)15(21)19-12-17(2,3)11-18/h13-14H,4-10,12H2,1-3H3,(H,19,21)(H,20,22). The fourth-order valence-corrected chi connectivity index (χ4v) is 3.02. The predicted octanol–water partition coefficient (Wildman–Crippen LogP) is 3.32. The van der Waals surface area contributed by atoms with Crippen LogP contribution in [0.25, 0.3) is 0 Å². The highest BCUT2D eigenvalue weighted by atomic mass is 32.1. The molecule has 1 aliphatic carbocycles. The van der Waals surface area contributed by atoms with E-state index < -0.39 is 5.41 Å². The molecule has 1 aliphatic rings. The number of hydrogen-bond acceptors (Lipinski definition) is 3. The number of hydrogen-bond donors (Lipinski definition) is 2. The van der Waals surface area contributed by atoms with Gasteiger partial charge in [-0.15, -0.1) is 0 Å². The van der Waals surface area contributed by atoms with Gasteiger partial charge in [-0.3, -0.25) is 4.79 Å². The zero-order chi connectivity index (χ0) is 16.6. The third-order valence-electron chi connectivity index (χ3n) is 4.31. The Kier molecular flexibility index (Phi) is 7.81. The number of nitrogens with one attached hydrogen (secondary N) is 2. The Hall–Kier alpha value is -1.15. The number of thiocarbonyl (C=S) groups is 1. The average Bonchev–Trinajstić information content (AvgIpc) is 2.51. The molecule has 1 atom stereocenters. The fraction of sp³-hybridized carbons (Fsp3) is 0.824. The van der Waals surface area contributed by atoms with Crippen molar-refractivity contribution >= 4 is 23.1 Å². The van der Waals surface area contributed by atoms with Gasteiger partial charge < -0.3 is 10.6 Å². The highest BCUT2D eigenvalue weighted by molar-refractivity contribution is 7.82. The molecule has 1 rings (SSSR count). The summed E-state index contributed by atoms with van der Waals surface area (Å²) in [5.41, 5.74) is -0.572. The second kappa shape index (κ2) is 9.09. The normalized spacial score (nSPS) is 17.4.